The van der Waals surface area contributed by atoms with Gasteiger partial charge in [-0.15, -0.1) is 12.4 Å². The number of benzene rings is 2. The van der Waals surface area contributed by atoms with Crippen LogP contribution in [0.3, 0.4) is 0 Å². The second kappa shape index (κ2) is 7.29. The summed E-state index contributed by atoms with van der Waals surface area (Å²) in [4.78, 5) is 27.9. The van der Waals surface area contributed by atoms with E-state index in [1.165, 1.54) is 23.3 Å². The standard InChI is InChI=1S/C20H21N3O3.ClH/c1-13-3-8-18-16(11-13)17-12-21(2)10-9-19(17)22(18)20(24)14-4-6-15(7-5-14)23(25)26;/h3-8,11,17,19H,9-10,12H2,1-2H3;1H/t17-,19-;/m1./s1. The fraction of sp³-hybridized carbons (Fsp3) is 0.350. The van der Waals surface area contributed by atoms with Gasteiger partial charge in [0.1, 0.15) is 0 Å². The van der Waals surface area contributed by atoms with Gasteiger partial charge in [-0.1, -0.05) is 17.7 Å². The van der Waals surface area contributed by atoms with Crippen molar-refractivity contribution in [2.45, 2.75) is 25.3 Å². The Morgan fingerprint density at radius 3 is 2.56 bits per heavy atom. The minimum absolute atomic E-state index is 0. The van der Waals surface area contributed by atoms with Gasteiger partial charge in [0.2, 0.25) is 0 Å². The highest BCUT2D eigenvalue weighted by molar-refractivity contribution is 6.08. The lowest BCUT2D eigenvalue weighted by atomic mass is 9.88. The van der Waals surface area contributed by atoms with E-state index >= 15 is 0 Å². The smallest absolute Gasteiger partial charge is 0.269 e. The lowest BCUT2D eigenvalue weighted by molar-refractivity contribution is -0.384. The van der Waals surface area contributed by atoms with Crippen LogP contribution in [0, 0.1) is 17.0 Å². The molecule has 0 spiro atoms. The predicted octanol–water partition coefficient (Wildman–Crippen LogP) is 3.77. The fourth-order valence-electron chi connectivity index (χ4n) is 4.21. The van der Waals surface area contributed by atoms with Gasteiger partial charge >= 0.3 is 0 Å². The minimum Gasteiger partial charge on any atom is -0.306 e. The summed E-state index contributed by atoms with van der Waals surface area (Å²) in [5.74, 6) is 0.229. The number of likely N-dealkylation sites (tertiary alicyclic amines) is 1. The Morgan fingerprint density at radius 2 is 1.89 bits per heavy atom. The van der Waals surface area contributed by atoms with Crippen molar-refractivity contribution < 1.29 is 9.72 Å². The molecule has 0 saturated carbocycles. The van der Waals surface area contributed by atoms with Crippen LogP contribution in [0.15, 0.2) is 42.5 Å². The van der Waals surface area contributed by atoms with E-state index < -0.39 is 4.92 Å². The Bertz CT molecular complexity index is 885. The molecular weight excluding hydrogens is 366 g/mol. The summed E-state index contributed by atoms with van der Waals surface area (Å²) in [6.07, 6.45) is 0.924. The molecule has 2 atom stereocenters. The van der Waals surface area contributed by atoms with Crippen molar-refractivity contribution in [3.63, 3.8) is 0 Å². The van der Waals surface area contributed by atoms with E-state index in [2.05, 4.69) is 24.9 Å². The van der Waals surface area contributed by atoms with Crippen LogP contribution in [0.5, 0.6) is 0 Å². The van der Waals surface area contributed by atoms with Crippen LogP contribution >= 0.6 is 12.4 Å². The monoisotopic (exact) mass is 387 g/mol. The summed E-state index contributed by atoms with van der Waals surface area (Å²) >= 11 is 0. The van der Waals surface area contributed by atoms with Crippen LogP contribution < -0.4 is 4.90 Å². The van der Waals surface area contributed by atoms with Crippen molar-refractivity contribution in [1.29, 1.82) is 0 Å². The molecule has 142 valence electrons. The number of non-ortho nitro benzene ring substituents is 1. The number of nitro benzene ring substituents is 1. The summed E-state index contributed by atoms with van der Waals surface area (Å²) < 4.78 is 0. The largest absolute Gasteiger partial charge is 0.306 e. The summed E-state index contributed by atoms with van der Waals surface area (Å²) in [7, 11) is 2.12. The second-order valence-electron chi connectivity index (χ2n) is 7.27. The quantitative estimate of drug-likeness (QED) is 0.581. The minimum atomic E-state index is -0.449. The van der Waals surface area contributed by atoms with Crippen molar-refractivity contribution in [2.24, 2.45) is 0 Å². The van der Waals surface area contributed by atoms with E-state index in [1.54, 1.807) is 12.1 Å². The molecule has 2 aliphatic heterocycles. The second-order valence-corrected chi connectivity index (χ2v) is 7.27. The highest BCUT2D eigenvalue weighted by Gasteiger charge is 2.44. The molecule has 0 bridgehead atoms. The molecular formula is C20H22ClN3O3. The third-order valence-corrected chi connectivity index (χ3v) is 5.50. The third kappa shape index (κ3) is 3.31. The normalized spacial score (nSPS) is 21.2. The molecule has 0 aliphatic carbocycles. The van der Waals surface area contributed by atoms with Gasteiger partial charge in [0.25, 0.3) is 11.6 Å². The molecule has 0 unspecified atom stereocenters. The summed E-state index contributed by atoms with van der Waals surface area (Å²) in [5, 5.41) is 10.9. The molecule has 2 aromatic carbocycles. The first-order chi connectivity index (χ1) is 12.5. The fourth-order valence-corrected chi connectivity index (χ4v) is 4.21. The molecule has 7 heteroatoms. The van der Waals surface area contributed by atoms with Gasteiger partial charge in [-0.2, -0.15) is 0 Å². The summed E-state index contributed by atoms with van der Waals surface area (Å²) in [6, 6.07) is 12.3. The molecule has 2 heterocycles. The molecule has 1 fully saturated rings. The molecule has 0 radical (unpaired) electrons. The van der Waals surface area contributed by atoms with Crippen molar-refractivity contribution >= 4 is 29.7 Å². The summed E-state index contributed by atoms with van der Waals surface area (Å²) in [6.45, 7) is 3.96. The van der Waals surface area contributed by atoms with Gasteiger partial charge in [-0.25, -0.2) is 0 Å². The van der Waals surface area contributed by atoms with Crippen molar-refractivity contribution in [1.82, 2.24) is 4.90 Å². The van der Waals surface area contributed by atoms with Gasteiger partial charge in [0, 0.05) is 41.9 Å². The van der Waals surface area contributed by atoms with Gasteiger partial charge in [0.05, 0.1) is 4.92 Å². The first-order valence-electron chi connectivity index (χ1n) is 8.83. The number of fused-ring (bicyclic) bond motifs is 3. The Morgan fingerprint density at radius 1 is 1.19 bits per heavy atom. The number of carbonyl (C=O) groups excluding carboxylic acids is 1. The SMILES string of the molecule is Cc1ccc2c(c1)[C@H]1CN(C)CC[C@H]1N2C(=O)c1ccc([N+](=O)[O-])cc1.Cl. The van der Waals surface area contributed by atoms with Crippen LogP contribution in [-0.2, 0) is 0 Å². The van der Waals surface area contributed by atoms with E-state index in [9.17, 15) is 14.9 Å². The Hall–Kier alpha value is -2.44. The molecule has 1 amide bonds. The van der Waals surface area contributed by atoms with E-state index in [1.807, 2.05) is 17.0 Å². The van der Waals surface area contributed by atoms with Gasteiger partial charge in [0.15, 0.2) is 0 Å². The maximum Gasteiger partial charge on any atom is 0.269 e. The Kier molecular flexibility index (Phi) is 5.22. The van der Waals surface area contributed by atoms with Crippen molar-refractivity contribution in [3.05, 3.63) is 69.3 Å². The number of nitro groups is 1. The molecule has 2 aromatic rings. The number of carbonyl (C=O) groups is 1. The zero-order chi connectivity index (χ0) is 18.4. The number of halogens is 1. The number of nitrogens with zero attached hydrogens (tertiary/aromatic N) is 3. The van der Waals surface area contributed by atoms with Crippen LogP contribution in [0.25, 0.3) is 0 Å². The van der Waals surface area contributed by atoms with Crippen molar-refractivity contribution in [2.75, 3.05) is 25.0 Å². The molecule has 1 saturated heterocycles. The molecule has 6 nitrogen and oxygen atoms in total. The average molecular weight is 388 g/mol. The van der Waals surface area contributed by atoms with E-state index in [4.69, 9.17) is 0 Å². The zero-order valence-electron chi connectivity index (χ0n) is 15.3. The van der Waals surface area contributed by atoms with Gasteiger partial charge in [-0.05, 0) is 50.7 Å². The predicted molar refractivity (Wildman–Crippen MR) is 107 cm³/mol. The van der Waals surface area contributed by atoms with Crippen LogP contribution in [0.1, 0.15) is 33.8 Å². The first kappa shape index (κ1) is 19.3. The number of anilines is 1. The number of likely N-dealkylation sites (N-methyl/N-ethyl adjacent to an activating group) is 1. The van der Waals surface area contributed by atoms with Gasteiger partial charge < -0.3 is 9.80 Å². The molecule has 2 aliphatic rings. The number of hydrogen-bond acceptors (Lipinski definition) is 4. The highest BCUT2D eigenvalue weighted by Crippen LogP contribution is 2.45. The van der Waals surface area contributed by atoms with Gasteiger partial charge in [-0.3, -0.25) is 14.9 Å². The Balaban J connectivity index is 0.00000210. The molecule has 0 aromatic heterocycles. The van der Waals surface area contributed by atoms with Crippen molar-refractivity contribution in [3.8, 4) is 0 Å². The van der Waals surface area contributed by atoms with E-state index in [0.717, 1.165) is 25.2 Å². The number of hydrogen-bond donors (Lipinski definition) is 0. The van der Waals surface area contributed by atoms with Crippen LogP contribution in [0.4, 0.5) is 11.4 Å². The highest BCUT2D eigenvalue weighted by atomic mass is 35.5. The lowest BCUT2D eigenvalue weighted by Crippen LogP contribution is -2.47. The topological polar surface area (TPSA) is 66.7 Å². The maximum atomic E-state index is 13.3. The number of amides is 1. The van der Waals surface area contributed by atoms with E-state index in [0.29, 0.717) is 11.5 Å². The molecule has 0 N–H and O–H groups in total. The molecule has 27 heavy (non-hydrogen) atoms. The van der Waals surface area contributed by atoms with Crippen LogP contribution in [-0.4, -0.2) is 41.9 Å². The summed E-state index contributed by atoms with van der Waals surface area (Å²) in [5.41, 5.74) is 3.89. The number of rotatable bonds is 2. The first-order valence-corrected chi connectivity index (χ1v) is 8.83. The van der Waals surface area contributed by atoms with Crippen LogP contribution in [0.2, 0.25) is 0 Å². The molecule has 4 rings (SSSR count). The van der Waals surface area contributed by atoms with E-state index in [-0.39, 0.29) is 30.0 Å². The third-order valence-electron chi connectivity index (χ3n) is 5.50. The number of piperidine rings is 1. The average Bonchev–Trinajstić information content (AvgIpc) is 2.94. The lowest BCUT2D eigenvalue weighted by Gasteiger charge is -2.36. The zero-order valence-corrected chi connectivity index (χ0v) is 16.1. The maximum absolute atomic E-state index is 13.3. The Labute approximate surface area is 164 Å². The number of aryl methyl sites for hydroxylation is 1.